The van der Waals surface area contributed by atoms with E-state index in [-0.39, 0.29) is 5.54 Å². The third-order valence-corrected chi connectivity index (χ3v) is 5.06. The van der Waals surface area contributed by atoms with E-state index in [2.05, 4.69) is 42.7 Å². The van der Waals surface area contributed by atoms with Gasteiger partial charge in [0.05, 0.1) is 12.1 Å². The smallest absolute Gasteiger partial charge is 0.191 e. The monoisotopic (exact) mass is 266 g/mol. The Bertz CT molecular complexity index is 327. The molecule has 0 unspecified atom stereocenters. The fourth-order valence-electron chi connectivity index (χ4n) is 3.57. The highest BCUT2D eigenvalue weighted by Gasteiger charge is 2.44. The highest BCUT2D eigenvalue weighted by atomic mass is 15.4. The molecule has 0 amide bonds. The molecule has 110 valence electrons. The minimum Gasteiger partial charge on any atom is -0.370 e. The Kier molecular flexibility index (Phi) is 4.39. The first-order valence-electron chi connectivity index (χ1n) is 7.67. The third-order valence-electron chi connectivity index (χ3n) is 5.06. The summed E-state index contributed by atoms with van der Waals surface area (Å²) in [6.07, 6.45) is 5.18. The van der Waals surface area contributed by atoms with Gasteiger partial charge in [0, 0.05) is 13.1 Å². The van der Waals surface area contributed by atoms with Crippen molar-refractivity contribution in [2.24, 2.45) is 22.6 Å². The summed E-state index contributed by atoms with van der Waals surface area (Å²) in [4.78, 5) is 9.16. The number of nitrogens with two attached hydrogens (primary N) is 1. The fourth-order valence-corrected chi connectivity index (χ4v) is 3.57. The Balaban J connectivity index is 1.99. The molecular formula is C15H30N4. The molecule has 2 aliphatic rings. The number of nitrogens with zero attached hydrogens (tertiary/aromatic N) is 3. The minimum atomic E-state index is 0.242. The van der Waals surface area contributed by atoms with E-state index in [9.17, 15) is 0 Å². The van der Waals surface area contributed by atoms with Crippen LogP contribution in [0.15, 0.2) is 4.99 Å². The second-order valence-corrected chi connectivity index (χ2v) is 6.94. The van der Waals surface area contributed by atoms with Crippen molar-refractivity contribution in [1.82, 2.24) is 9.80 Å². The molecule has 1 aliphatic heterocycles. The lowest BCUT2D eigenvalue weighted by Gasteiger charge is -2.45. The van der Waals surface area contributed by atoms with Crippen molar-refractivity contribution in [3.8, 4) is 0 Å². The van der Waals surface area contributed by atoms with E-state index in [4.69, 9.17) is 5.73 Å². The van der Waals surface area contributed by atoms with Crippen LogP contribution >= 0.6 is 0 Å². The van der Waals surface area contributed by atoms with Crippen LogP contribution in [0.4, 0.5) is 0 Å². The number of guanidine groups is 1. The number of hydrogen-bond acceptors (Lipinski definition) is 4. The van der Waals surface area contributed by atoms with Crippen molar-refractivity contribution in [3.63, 3.8) is 0 Å². The Hall–Kier alpha value is -0.770. The fraction of sp³-hybridized carbons (Fsp3) is 0.933. The van der Waals surface area contributed by atoms with Crippen LogP contribution in [-0.2, 0) is 0 Å². The van der Waals surface area contributed by atoms with Crippen LogP contribution in [0.5, 0.6) is 0 Å². The molecule has 0 aromatic carbocycles. The molecule has 0 aromatic rings. The van der Waals surface area contributed by atoms with E-state index in [1.807, 2.05) is 0 Å². The van der Waals surface area contributed by atoms with Crippen molar-refractivity contribution < 1.29 is 0 Å². The van der Waals surface area contributed by atoms with Gasteiger partial charge in [0.25, 0.3) is 0 Å². The van der Waals surface area contributed by atoms with Gasteiger partial charge in [-0.2, -0.15) is 0 Å². The lowest BCUT2D eigenvalue weighted by atomic mass is 9.72. The predicted molar refractivity (Wildman–Crippen MR) is 81.3 cm³/mol. The lowest BCUT2D eigenvalue weighted by Crippen LogP contribution is -2.55. The molecule has 0 radical (unpaired) electrons. The molecule has 1 heterocycles. The Morgan fingerprint density at radius 2 is 2.00 bits per heavy atom. The van der Waals surface area contributed by atoms with E-state index in [1.54, 1.807) is 0 Å². The van der Waals surface area contributed by atoms with Gasteiger partial charge < -0.3 is 15.5 Å². The number of hydrogen-bond donors (Lipinski definition) is 1. The number of likely N-dealkylation sites (N-methyl/N-ethyl adjacent to an activating group) is 1. The molecule has 2 N–H and O–H groups in total. The molecule has 2 rings (SSSR count). The summed E-state index contributed by atoms with van der Waals surface area (Å²) in [6.45, 7) is 7.68. The first kappa shape index (κ1) is 14.6. The Morgan fingerprint density at radius 1 is 1.37 bits per heavy atom. The van der Waals surface area contributed by atoms with Gasteiger partial charge in [0.15, 0.2) is 5.96 Å². The number of aliphatic imine (C=N–C) groups is 1. The van der Waals surface area contributed by atoms with Crippen LogP contribution < -0.4 is 5.73 Å². The standard InChI is InChI=1S/C15H30N4/c1-12(2)13-5-7-15(8-6-13)11-17-14(16)19(15)10-9-18(3)4/h12-13H,5-11H2,1-4H3,(H2,16,17). The summed E-state index contributed by atoms with van der Waals surface area (Å²) in [5.41, 5.74) is 6.36. The Morgan fingerprint density at radius 3 is 2.53 bits per heavy atom. The van der Waals surface area contributed by atoms with Crippen molar-refractivity contribution in [3.05, 3.63) is 0 Å². The van der Waals surface area contributed by atoms with Gasteiger partial charge in [-0.25, -0.2) is 0 Å². The minimum absolute atomic E-state index is 0.242. The molecule has 0 aromatic heterocycles. The van der Waals surface area contributed by atoms with Crippen LogP contribution in [0, 0.1) is 11.8 Å². The summed E-state index contributed by atoms with van der Waals surface area (Å²) >= 11 is 0. The van der Waals surface area contributed by atoms with E-state index in [0.717, 1.165) is 37.4 Å². The molecule has 0 saturated heterocycles. The van der Waals surface area contributed by atoms with Crippen LogP contribution in [0.3, 0.4) is 0 Å². The largest absolute Gasteiger partial charge is 0.370 e. The van der Waals surface area contributed by atoms with Crippen molar-refractivity contribution in [1.29, 1.82) is 0 Å². The zero-order valence-corrected chi connectivity index (χ0v) is 13.0. The van der Waals surface area contributed by atoms with Gasteiger partial charge in [0.2, 0.25) is 0 Å². The molecular weight excluding hydrogens is 236 g/mol. The predicted octanol–water partition coefficient (Wildman–Crippen LogP) is 1.76. The van der Waals surface area contributed by atoms with Gasteiger partial charge in [-0.3, -0.25) is 4.99 Å². The molecule has 0 atom stereocenters. The van der Waals surface area contributed by atoms with Crippen molar-refractivity contribution in [2.45, 2.75) is 45.1 Å². The second-order valence-electron chi connectivity index (χ2n) is 6.94. The van der Waals surface area contributed by atoms with Crippen LogP contribution in [0.25, 0.3) is 0 Å². The quantitative estimate of drug-likeness (QED) is 0.843. The van der Waals surface area contributed by atoms with Gasteiger partial charge >= 0.3 is 0 Å². The summed E-state index contributed by atoms with van der Waals surface area (Å²) in [5.74, 6) is 2.47. The highest BCUT2D eigenvalue weighted by Crippen LogP contribution is 2.41. The molecule has 19 heavy (non-hydrogen) atoms. The van der Waals surface area contributed by atoms with E-state index in [0.29, 0.717) is 0 Å². The maximum absolute atomic E-state index is 6.12. The topological polar surface area (TPSA) is 44.9 Å². The normalized spacial score (nSPS) is 31.6. The molecule has 1 saturated carbocycles. The average molecular weight is 266 g/mol. The molecule has 4 nitrogen and oxygen atoms in total. The molecule has 0 bridgehead atoms. The highest BCUT2D eigenvalue weighted by molar-refractivity contribution is 5.81. The van der Waals surface area contributed by atoms with Crippen molar-refractivity contribution in [2.75, 3.05) is 33.7 Å². The van der Waals surface area contributed by atoms with Crippen LogP contribution in [-0.4, -0.2) is 55.0 Å². The summed E-state index contributed by atoms with van der Waals surface area (Å²) in [7, 11) is 4.23. The van der Waals surface area contributed by atoms with Gasteiger partial charge in [-0.15, -0.1) is 0 Å². The first-order valence-corrected chi connectivity index (χ1v) is 7.67. The summed E-state index contributed by atoms with van der Waals surface area (Å²) in [6, 6.07) is 0. The van der Waals surface area contributed by atoms with Gasteiger partial charge in [0.1, 0.15) is 0 Å². The summed E-state index contributed by atoms with van der Waals surface area (Å²) < 4.78 is 0. The third kappa shape index (κ3) is 3.04. The number of rotatable bonds is 4. The zero-order chi connectivity index (χ0) is 14.0. The van der Waals surface area contributed by atoms with E-state index in [1.165, 1.54) is 25.7 Å². The SMILES string of the molecule is CC(C)C1CCC2(CC1)CN=C(N)N2CCN(C)C. The van der Waals surface area contributed by atoms with E-state index < -0.39 is 0 Å². The van der Waals surface area contributed by atoms with Gasteiger partial charge in [-0.1, -0.05) is 13.8 Å². The van der Waals surface area contributed by atoms with Crippen LogP contribution in [0.1, 0.15) is 39.5 Å². The first-order chi connectivity index (χ1) is 8.94. The Labute approximate surface area is 118 Å². The molecule has 1 spiro atoms. The molecule has 1 fully saturated rings. The summed E-state index contributed by atoms with van der Waals surface area (Å²) in [5, 5.41) is 0. The zero-order valence-electron chi connectivity index (χ0n) is 13.0. The van der Waals surface area contributed by atoms with Crippen molar-refractivity contribution >= 4 is 5.96 Å². The van der Waals surface area contributed by atoms with Gasteiger partial charge in [-0.05, 0) is 51.6 Å². The molecule has 4 heteroatoms. The maximum Gasteiger partial charge on any atom is 0.191 e. The molecule has 1 aliphatic carbocycles. The average Bonchev–Trinajstić information content (AvgIpc) is 2.65. The maximum atomic E-state index is 6.12. The lowest BCUT2D eigenvalue weighted by molar-refractivity contribution is 0.0967. The van der Waals surface area contributed by atoms with Crippen LogP contribution in [0.2, 0.25) is 0 Å². The second kappa shape index (κ2) is 5.70. The van der Waals surface area contributed by atoms with E-state index >= 15 is 0 Å².